The van der Waals surface area contributed by atoms with Crippen molar-refractivity contribution in [2.24, 2.45) is 0 Å². The molecular formula is C37H24N4. The minimum absolute atomic E-state index is 0.907. The minimum Gasteiger partial charge on any atom is -0.290 e. The molecule has 0 saturated heterocycles. The molecule has 0 unspecified atom stereocenters. The van der Waals surface area contributed by atoms with Gasteiger partial charge in [0.1, 0.15) is 5.65 Å². The van der Waals surface area contributed by atoms with Crippen molar-refractivity contribution in [2.45, 2.75) is 12.8 Å². The number of pyridine rings is 3. The molecule has 0 amide bonds. The number of hydrogen-bond acceptors (Lipinski definition) is 3. The molecule has 0 N–H and O–H groups in total. The van der Waals surface area contributed by atoms with Crippen molar-refractivity contribution in [3.8, 4) is 22.3 Å². The van der Waals surface area contributed by atoms with E-state index in [1.165, 1.54) is 37.9 Å². The number of aromatic nitrogens is 4. The zero-order chi connectivity index (χ0) is 26.9. The molecule has 0 bridgehead atoms. The van der Waals surface area contributed by atoms with Gasteiger partial charge >= 0.3 is 0 Å². The van der Waals surface area contributed by atoms with Gasteiger partial charge in [0.15, 0.2) is 0 Å². The van der Waals surface area contributed by atoms with Crippen molar-refractivity contribution < 1.29 is 0 Å². The molecule has 0 fully saturated rings. The monoisotopic (exact) mass is 524 g/mol. The first-order valence-electron chi connectivity index (χ1n) is 14.1. The maximum Gasteiger partial charge on any atom is 0.148 e. The minimum atomic E-state index is 0.907. The summed E-state index contributed by atoms with van der Waals surface area (Å²) < 4.78 is 2.21. The van der Waals surface area contributed by atoms with Gasteiger partial charge in [0.25, 0.3) is 0 Å². The van der Waals surface area contributed by atoms with Crippen LogP contribution in [0.5, 0.6) is 0 Å². The number of nitrogens with zero attached hydrogens (tertiary/aromatic N) is 4. The van der Waals surface area contributed by atoms with Gasteiger partial charge < -0.3 is 0 Å². The van der Waals surface area contributed by atoms with Crippen molar-refractivity contribution in [2.75, 3.05) is 0 Å². The Morgan fingerprint density at radius 1 is 0.585 bits per heavy atom. The molecule has 0 spiro atoms. The third-order valence-corrected chi connectivity index (χ3v) is 8.49. The lowest BCUT2D eigenvalue weighted by Crippen LogP contribution is -2.26. The molecule has 4 heterocycles. The number of benzene rings is 4. The highest BCUT2D eigenvalue weighted by Gasteiger charge is 2.15. The van der Waals surface area contributed by atoms with Gasteiger partial charge in [-0.15, -0.1) is 0 Å². The number of hydrogen-bond donors (Lipinski definition) is 0. The number of rotatable bonds is 2. The SMILES string of the molecule is C1=c2ccc(-c3ccc4cc(-c5ccc6c(c5)nc5c7cccnc7c7ccncc7n65)ccc4c3)cc2=CCC1. The van der Waals surface area contributed by atoms with Gasteiger partial charge in [-0.05, 0) is 105 Å². The summed E-state index contributed by atoms with van der Waals surface area (Å²) in [6, 6.07) is 33.0. The Labute approximate surface area is 235 Å². The van der Waals surface area contributed by atoms with E-state index < -0.39 is 0 Å². The average Bonchev–Trinajstić information content (AvgIpc) is 3.43. The molecule has 4 nitrogen and oxygen atoms in total. The molecule has 0 atom stereocenters. The Bertz CT molecular complexity index is 2490. The van der Waals surface area contributed by atoms with Crippen LogP contribution in [-0.2, 0) is 0 Å². The average molecular weight is 525 g/mol. The van der Waals surface area contributed by atoms with Crippen LogP contribution >= 0.6 is 0 Å². The van der Waals surface area contributed by atoms with E-state index in [2.05, 4.69) is 105 Å². The van der Waals surface area contributed by atoms with Gasteiger partial charge in [-0.1, -0.05) is 54.6 Å². The first-order valence-corrected chi connectivity index (χ1v) is 14.1. The van der Waals surface area contributed by atoms with Gasteiger partial charge in [0, 0.05) is 23.2 Å². The largest absolute Gasteiger partial charge is 0.290 e. The first kappa shape index (κ1) is 22.5. The predicted octanol–water partition coefficient (Wildman–Crippen LogP) is 7.43. The lowest BCUT2D eigenvalue weighted by molar-refractivity contribution is 1.12. The van der Waals surface area contributed by atoms with Gasteiger partial charge in [0.05, 0.1) is 28.3 Å². The normalized spacial score (nSPS) is 13.1. The van der Waals surface area contributed by atoms with Crippen molar-refractivity contribution >= 4 is 61.4 Å². The molecule has 4 heteroatoms. The van der Waals surface area contributed by atoms with Crippen LogP contribution < -0.4 is 10.4 Å². The lowest BCUT2D eigenvalue weighted by atomic mass is 9.96. The number of imidazole rings is 1. The fourth-order valence-corrected chi connectivity index (χ4v) is 6.45. The summed E-state index contributed by atoms with van der Waals surface area (Å²) in [5.41, 5.74) is 9.75. The van der Waals surface area contributed by atoms with Crippen LogP contribution in [0.15, 0.2) is 110 Å². The van der Waals surface area contributed by atoms with Crippen molar-refractivity contribution in [1.82, 2.24) is 19.4 Å². The van der Waals surface area contributed by atoms with E-state index in [-0.39, 0.29) is 0 Å². The maximum atomic E-state index is 5.11. The molecule has 0 saturated carbocycles. The maximum absolute atomic E-state index is 5.11. The van der Waals surface area contributed by atoms with Crippen LogP contribution in [0.3, 0.4) is 0 Å². The van der Waals surface area contributed by atoms with E-state index in [9.17, 15) is 0 Å². The molecule has 8 aromatic rings. The second kappa shape index (κ2) is 8.57. The summed E-state index contributed by atoms with van der Waals surface area (Å²) in [7, 11) is 0. The summed E-state index contributed by atoms with van der Waals surface area (Å²) >= 11 is 0. The van der Waals surface area contributed by atoms with Crippen LogP contribution in [0.4, 0.5) is 0 Å². The molecule has 0 radical (unpaired) electrons. The Kier molecular flexibility index (Phi) is 4.70. The van der Waals surface area contributed by atoms with E-state index >= 15 is 0 Å². The second-order valence-corrected chi connectivity index (χ2v) is 10.9. The summed E-state index contributed by atoms with van der Waals surface area (Å²) in [5.74, 6) is 0. The van der Waals surface area contributed by atoms with E-state index in [4.69, 9.17) is 4.98 Å². The van der Waals surface area contributed by atoms with Crippen LogP contribution in [0.2, 0.25) is 0 Å². The topological polar surface area (TPSA) is 43.1 Å². The zero-order valence-corrected chi connectivity index (χ0v) is 22.3. The van der Waals surface area contributed by atoms with Crippen LogP contribution in [0.1, 0.15) is 12.8 Å². The molecule has 0 aliphatic heterocycles. The van der Waals surface area contributed by atoms with Gasteiger partial charge in [-0.25, -0.2) is 4.98 Å². The molecule has 1 aliphatic rings. The van der Waals surface area contributed by atoms with Crippen LogP contribution in [0, 0.1) is 0 Å². The Morgan fingerprint density at radius 3 is 2.17 bits per heavy atom. The van der Waals surface area contributed by atoms with E-state index in [1.807, 2.05) is 30.7 Å². The summed E-state index contributed by atoms with van der Waals surface area (Å²) in [6.07, 6.45) is 12.5. The first-order chi connectivity index (χ1) is 20.3. The molecule has 192 valence electrons. The standard InChI is InChI=1S/C37H24N4/c1-2-5-24-18-25(8-7-23(24)4-1)26-9-10-28-20-29(12-11-27(28)19-26)30-13-14-34-33(21-30)40-37-32-6-3-16-39-36(32)31-15-17-38-22-35(31)41(34)37/h3-22H,1-2H2. The lowest BCUT2D eigenvalue weighted by Gasteiger charge is -2.09. The Morgan fingerprint density at radius 2 is 1.32 bits per heavy atom. The summed E-state index contributed by atoms with van der Waals surface area (Å²) in [5, 5.41) is 7.29. The van der Waals surface area contributed by atoms with Crippen LogP contribution in [0.25, 0.3) is 83.7 Å². The Balaban J connectivity index is 1.17. The quantitative estimate of drug-likeness (QED) is 0.221. The fourth-order valence-electron chi connectivity index (χ4n) is 6.45. The summed E-state index contributed by atoms with van der Waals surface area (Å²) in [4.78, 5) is 14.2. The van der Waals surface area contributed by atoms with Gasteiger partial charge in [-0.2, -0.15) is 0 Å². The van der Waals surface area contributed by atoms with E-state index in [1.54, 1.807) is 0 Å². The van der Waals surface area contributed by atoms with Crippen molar-refractivity contribution in [1.29, 1.82) is 0 Å². The molecule has 4 aromatic heterocycles. The van der Waals surface area contributed by atoms with Gasteiger partial charge in [-0.3, -0.25) is 14.4 Å². The molecular weight excluding hydrogens is 500 g/mol. The Hall–Kier alpha value is -5.35. The molecule has 9 rings (SSSR count). The number of fused-ring (bicyclic) bond motifs is 10. The highest BCUT2D eigenvalue weighted by Crippen LogP contribution is 2.33. The smallest absolute Gasteiger partial charge is 0.148 e. The van der Waals surface area contributed by atoms with Crippen molar-refractivity contribution in [3.63, 3.8) is 0 Å². The molecule has 4 aromatic carbocycles. The molecule has 41 heavy (non-hydrogen) atoms. The van der Waals surface area contributed by atoms with E-state index in [0.29, 0.717) is 0 Å². The summed E-state index contributed by atoms with van der Waals surface area (Å²) in [6.45, 7) is 0. The highest BCUT2D eigenvalue weighted by molar-refractivity contribution is 6.11. The van der Waals surface area contributed by atoms with Crippen molar-refractivity contribution in [3.05, 3.63) is 120 Å². The zero-order valence-electron chi connectivity index (χ0n) is 22.3. The third kappa shape index (κ3) is 3.44. The second-order valence-electron chi connectivity index (χ2n) is 10.9. The highest BCUT2D eigenvalue weighted by atomic mass is 15.0. The van der Waals surface area contributed by atoms with Crippen LogP contribution in [-0.4, -0.2) is 19.4 Å². The predicted molar refractivity (Wildman–Crippen MR) is 169 cm³/mol. The third-order valence-electron chi connectivity index (χ3n) is 8.49. The molecule has 1 aliphatic carbocycles. The van der Waals surface area contributed by atoms with E-state index in [0.717, 1.165) is 56.9 Å². The van der Waals surface area contributed by atoms with Gasteiger partial charge in [0.2, 0.25) is 0 Å². The fraction of sp³-hybridized carbons (Fsp3) is 0.0541.